The molecule has 5 aliphatic rings. The minimum atomic E-state index is -0.932. The number of hydrogen-bond acceptors (Lipinski definition) is 14. The van der Waals surface area contributed by atoms with Crippen LogP contribution in [0.1, 0.15) is 91.6 Å². The molecule has 384 valence electrons. The van der Waals surface area contributed by atoms with Crippen molar-refractivity contribution in [2.24, 2.45) is 15.9 Å². The molecule has 9 rings (SSSR count). The second-order valence-corrected chi connectivity index (χ2v) is 19.1. The lowest BCUT2D eigenvalue weighted by Crippen LogP contribution is -2.58. The summed E-state index contributed by atoms with van der Waals surface area (Å²) >= 11 is 0. The molecule has 4 atom stereocenters. The lowest BCUT2D eigenvalue weighted by atomic mass is 9.93. The first-order valence-electron chi connectivity index (χ1n) is 24.4. The number of benzene rings is 4. The summed E-state index contributed by atoms with van der Waals surface area (Å²) in [4.78, 5) is 91.5. The van der Waals surface area contributed by atoms with Crippen LogP contribution in [0.4, 0.5) is 17.1 Å². The van der Waals surface area contributed by atoms with Crippen molar-refractivity contribution in [1.29, 1.82) is 0 Å². The monoisotopic (exact) mass is 1010 g/mol. The van der Waals surface area contributed by atoms with Crippen LogP contribution in [0.5, 0.6) is 28.7 Å². The van der Waals surface area contributed by atoms with Crippen LogP contribution >= 0.6 is 0 Å². The van der Waals surface area contributed by atoms with Gasteiger partial charge in [0.25, 0.3) is 11.8 Å². The number of anilines is 1. The fourth-order valence-corrected chi connectivity index (χ4v) is 9.39. The Hall–Kier alpha value is -8.32. The molecule has 0 saturated carbocycles. The summed E-state index contributed by atoms with van der Waals surface area (Å²) < 4.78 is 29.0. The van der Waals surface area contributed by atoms with Crippen LogP contribution in [0.2, 0.25) is 0 Å². The fraction of sp³-hybridized carbons (Fsp3) is 0.345. The Bertz CT molecular complexity index is 3020. The van der Waals surface area contributed by atoms with Crippen molar-refractivity contribution < 1.29 is 52.5 Å². The van der Waals surface area contributed by atoms with E-state index in [4.69, 9.17) is 33.7 Å². The van der Waals surface area contributed by atoms with Crippen molar-refractivity contribution in [3.8, 4) is 28.7 Å². The molecule has 19 heteroatoms. The molecule has 19 nitrogen and oxygen atoms in total. The minimum absolute atomic E-state index is 0.0775. The Morgan fingerprint density at radius 3 is 1.92 bits per heavy atom. The maximum absolute atomic E-state index is 14.1. The summed E-state index contributed by atoms with van der Waals surface area (Å²) in [7, 11) is 4.65. The number of carbonyl (C=O) groups excluding carboxylic acids is 6. The third-order valence-corrected chi connectivity index (χ3v) is 13.6. The Morgan fingerprint density at radius 2 is 1.31 bits per heavy atom. The van der Waals surface area contributed by atoms with E-state index in [1.54, 1.807) is 80.3 Å². The molecular weight excluding hydrogens is 949 g/mol. The molecule has 0 aromatic heterocycles. The van der Waals surface area contributed by atoms with Crippen LogP contribution in [0, 0.1) is 5.92 Å². The lowest BCUT2D eigenvalue weighted by Gasteiger charge is -2.29. The van der Waals surface area contributed by atoms with Crippen LogP contribution in [-0.4, -0.2) is 121 Å². The van der Waals surface area contributed by atoms with Crippen LogP contribution in [0.3, 0.4) is 0 Å². The summed E-state index contributed by atoms with van der Waals surface area (Å²) in [6, 6.07) is 19.4. The van der Waals surface area contributed by atoms with Gasteiger partial charge in [0.15, 0.2) is 23.0 Å². The summed E-state index contributed by atoms with van der Waals surface area (Å²) in [5.41, 5.74) is 7.99. The van der Waals surface area contributed by atoms with E-state index in [1.807, 2.05) is 61.9 Å². The van der Waals surface area contributed by atoms with Gasteiger partial charge in [0.1, 0.15) is 17.8 Å². The van der Waals surface area contributed by atoms with Crippen LogP contribution in [-0.2, 0) is 19.2 Å². The quantitative estimate of drug-likeness (QED) is 0.0677. The van der Waals surface area contributed by atoms with E-state index in [0.717, 1.165) is 33.0 Å². The van der Waals surface area contributed by atoms with Gasteiger partial charge in [-0.05, 0) is 78.4 Å². The van der Waals surface area contributed by atoms with Crippen LogP contribution < -0.4 is 39.7 Å². The smallest absolute Gasteiger partial charge is 0.260 e. The Balaban J connectivity index is 0.784. The highest BCUT2D eigenvalue weighted by molar-refractivity contribution is 6.07. The van der Waals surface area contributed by atoms with Gasteiger partial charge in [-0.1, -0.05) is 38.1 Å². The first-order chi connectivity index (χ1) is 35.6. The molecule has 6 amide bonds. The molecule has 0 bridgehead atoms. The molecule has 0 radical (unpaired) electrons. The van der Waals surface area contributed by atoms with Gasteiger partial charge < -0.3 is 44.1 Å². The van der Waals surface area contributed by atoms with Gasteiger partial charge in [-0.2, -0.15) is 0 Å². The summed E-state index contributed by atoms with van der Waals surface area (Å²) in [5, 5.41) is 6.38. The topological polar surface area (TPSA) is 219 Å². The number of fused-ring (bicyclic) bond motifs is 4. The van der Waals surface area contributed by atoms with E-state index in [-0.39, 0.29) is 49.8 Å². The van der Waals surface area contributed by atoms with Crippen molar-refractivity contribution in [1.82, 2.24) is 25.6 Å². The van der Waals surface area contributed by atoms with Crippen molar-refractivity contribution in [3.63, 3.8) is 0 Å². The first kappa shape index (κ1) is 50.6. The van der Waals surface area contributed by atoms with Crippen molar-refractivity contribution in [2.45, 2.75) is 83.5 Å². The molecule has 5 heterocycles. The van der Waals surface area contributed by atoms with Gasteiger partial charge in [-0.25, -0.2) is 10.4 Å². The molecule has 0 spiro atoms. The molecule has 0 aliphatic carbocycles. The average molecular weight is 1010 g/mol. The SMILES string of the molecule is COc1ccc(C2=CN3C(=O)c4cc(OC)c(OCCCOc5cc6c(cc5OC)C(=O)N5C=C(c7ccc(NC(=O)[C@H](C)NC(=O)[C@@H](NN8C(=O)CCC8=O)C(C)C)cc7)C[C@H]5C=N6)cc4N=C[C@]3(C)C2)cc1. The largest absolute Gasteiger partial charge is 0.497 e. The molecule has 0 unspecified atom stereocenters. The number of carbonyl (C=O) groups is 6. The second kappa shape index (κ2) is 21.0. The molecular formula is C55H58N8O11. The van der Waals surface area contributed by atoms with E-state index >= 15 is 0 Å². The number of nitrogens with zero attached hydrogens (tertiary/aromatic N) is 5. The van der Waals surface area contributed by atoms with Gasteiger partial charge in [0, 0.05) is 74.8 Å². The van der Waals surface area contributed by atoms with E-state index < -0.39 is 41.3 Å². The number of hydrogen-bond donors (Lipinski definition) is 3. The maximum atomic E-state index is 14.1. The Morgan fingerprint density at radius 1 is 0.716 bits per heavy atom. The van der Waals surface area contributed by atoms with Crippen molar-refractivity contribution >= 4 is 76.1 Å². The van der Waals surface area contributed by atoms with Crippen molar-refractivity contribution in [3.05, 3.63) is 107 Å². The second-order valence-electron chi connectivity index (χ2n) is 19.1. The normalized spacial score (nSPS) is 19.4. The van der Waals surface area contributed by atoms with Gasteiger partial charge in [0.05, 0.1) is 68.6 Å². The van der Waals surface area contributed by atoms with Crippen LogP contribution in [0.15, 0.2) is 95.2 Å². The molecule has 1 saturated heterocycles. The number of imide groups is 1. The number of amides is 6. The zero-order valence-corrected chi connectivity index (χ0v) is 42.2. The maximum Gasteiger partial charge on any atom is 0.260 e. The number of nitrogens with one attached hydrogen (secondary N) is 3. The number of aliphatic imine (C=N–C) groups is 2. The van der Waals surface area contributed by atoms with Crippen molar-refractivity contribution in [2.75, 3.05) is 39.9 Å². The average Bonchev–Trinajstić information content (AvgIpc) is 4.05. The summed E-state index contributed by atoms with van der Waals surface area (Å²) in [6.07, 6.45) is 8.97. The highest BCUT2D eigenvalue weighted by Gasteiger charge is 2.42. The van der Waals surface area contributed by atoms with Gasteiger partial charge >= 0.3 is 0 Å². The molecule has 5 aliphatic heterocycles. The first-order valence-corrected chi connectivity index (χ1v) is 24.4. The lowest BCUT2D eigenvalue weighted by molar-refractivity contribution is -0.145. The molecule has 4 aromatic carbocycles. The number of hydrazine groups is 1. The number of rotatable bonds is 18. The zero-order valence-electron chi connectivity index (χ0n) is 42.2. The van der Waals surface area contributed by atoms with Gasteiger partial charge in [-0.3, -0.25) is 38.8 Å². The zero-order chi connectivity index (χ0) is 52.4. The number of methoxy groups -OCH3 is 3. The highest BCUT2D eigenvalue weighted by atomic mass is 16.5. The van der Waals surface area contributed by atoms with E-state index in [9.17, 15) is 28.8 Å². The van der Waals surface area contributed by atoms with Gasteiger partial charge in [-0.15, -0.1) is 0 Å². The van der Waals surface area contributed by atoms with Crippen LogP contribution in [0.25, 0.3) is 11.1 Å². The minimum Gasteiger partial charge on any atom is -0.497 e. The fourth-order valence-electron chi connectivity index (χ4n) is 9.39. The Kier molecular flexibility index (Phi) is 14.4. The molecule has 1 fully saturated rings. The highest BCUT2D eigenvalue weighted by Crippen LogP contribution is 2.44. The third kappa shape index (κ3) is 10.2. The van der Waals surface area contributed by atoms with E-state index in [1.165, 1.54) is 14.2 Å². The standard InChI is InChI=1S/C55H58N8O11/c1-31(2)50(60-63-48(64)17-18-49(63)65)52(67)58-32(3)51(66)59-37-13-9-33(10-14-37)35-21-38-27-56-42-24-46(44(71-6)22-40(42)53(68)61(38)28-35)73-19-8-20-74-47-25-43-41(23-45(47)72-7)54(69)62-29-36(26-55(62,4)30-57-43)34-11-15-39(70-5)16-12-34/h9-16,22-25,27-32,38,50,60H,8,17-21,26H2,1-7H3,(H,58,67)(H,59,66)/t32-,38-,50-,55-/m0/s1. The predicted octanol–water partition coefficient (Wildman–Crippen LogP) is 7.01. The Labute approximate surface area is 428 Å². The molecule has 3 N–H and O–H groups in total. The predicted molar refractivity (Wildman–Crippen MR) is 276 cm³/mol. The number of ether oxygens (including phenoxy) is 5. The molecule has 74 heavy (non-hydrogen) atoms. The van der Waals surface area contributed by atoms with E-state index in [0.29, 0.717) is 70.4 Å². The van der Waals surface area contributed by atoms with Gasteiger partial charge in [0.2, 0.25) is 23.6 Å². The third-order valence-electron chi connectivity index (χ3n) is 13.6. The molecule has 4 aromatic rings. The summed E-state index contributed by atoms with van der Waals surface area (Å²) in [6.45, 7) is 7.58. The van der Waals surface area contributed by atoms with E-state index in [2.05, 4.69) is 16.1 Å². The summed E-state index contributed by atoms with van der Waals surface area (Å²) in [5.74, 6) is -0.162.